The Balaban J connectivity index is 1.90. The monoisotopic (exact) mass is 237 g/mol. The second-order valence-corrected chi connectivity index (χ2v) is 7.53. The van der Waals surface area contributed by atoms with E-state index in [0.29, 0.717) is 5.41 Å². The van der Waals surface area contributed by atoms with Gasteiger partial charge in [0.05, 0.1) is 0 Å². The molecule has 5 unspecified atom stereocenters. The minimum atomic E-state index is 0.559. The highest BCUT2D eigenvalue weighted by Gasteiger charge is 2.40. The van der Waals surface area contributed by atoms with Crippen molar-refractivity contribution in [2.45, 2.75) is 78.8 Å². The van der Waals surface area contributed by atoms with Crippen LogP contribution in [0.4, 0.5) is 0 Å². The molecule has 2 aliphatic rings. The SMILES string of the molecule is CCC1CCC(NC2CC(C)(C)CC2C)C1C. The van der Waals surface area contributed by atoms with Gasteiger partial charge in [0.2, 0.25) is 0 Å². The van der Waals surface area contributed by atoms with Gasteiger partial charge in [0.25, 0.3) is 0 Å². The summed E-state index contributed by atoms with van der Waals surface area (Å²) in [5.74, 6) is 2.71. The van der Waals surface area contributed by atoms with Crippen LogP contribution in [0.1, 0.15) is 66.7 Å². The first-order valence-corrected chi connectivity index (χ1v) is 7.69. The molecule has 5 atom stereocenters. The minimum absolute atomic E-state index is 0.559. The molecule has 17 heavy (non-hydrogen) atoms. The molecule has 0 aromatic heterocycles. The van der Waals surface area contributed by atoms with Crippen LogP contribution >= 0.6 is 0 Å². The first-order valence-electron chi connectivity index (χ1n) is 7.69. The van der Waals surface area contributed by atoms with E-state index in [0.717, 1.165) is 29.8 Å². The maximum Gasteiger partial charge on any atom is 0.0101 e. The van der Waals surface area contributed by atoms with Crippen molar-refractivity contribution in [2.75, 3.05) is 0 Å². The number of hydrogen-bond acceptors (Lipinski definition) is 1. The molecular weight excluding hydrogens is 206 g/mol. The van der Waals surface area contributed by atoms with Crippen molar-refractivity contribution in [3.63, 3.8) is 0 Å². The maximum absolute atomic E-state index is 4.00. The Labute approximate surface area is 108 Å². The van der Waals surface area contributed by atoms with E-state index < -0.39 is 0 Å². The van der Waals surface area contributed by atoms with E-state index in [4.69, 9.17) is 0 Å². The maximum atomic E-state index is 4.00. The third-order valence-corrected chi connectivity index (χ3v) is 5.51. The van der Waals surface area contributed by atoms with Gasteiger partial charge in [-0.3, -0.25) is 0 Å². The Bertz CT molecular complexity index is 258. The minimum Gasteiger partial charge on any atom is -0.311 e. The standard InChI is InChI=1S/C16H31N/c1-6-13-7-8-14(12(13)3)17-15-10-16(4,5)9-11(15)2/h11-15,17H,6-10H2,1-5H3. The fourth-order valence-electron chi connectivity index (χ4n) is 4.45. The summed E-state index contributed by atoms with van der Waals surface area (Å²) in [6.07, 6.45) is 6.98. The third kappa shape index (κ3) is 2.86. The van der Waals surface area contributed by atoms with Gasteiger partial charge in [-0.1, -0.05) is 41.0 Å². The second kappa shape index (κ2) is 4.91. The van der Waals surface area contributed by atoms with E-state index in [9.17, 15) is 0 Å². The number of rotatable bonds is 3. The zero-order chi connectivity index (χ0) is 12.6. The third-order valence-electron chi connectivity index (χ3n) is 5.51. The van der Waals surface area contributed by atoms with Crippen LogP contribution in [0.15, 0.2) is 0 Å². The Morgan fingerprint density at radius 1 is 1.06 bits per heavy atom. The van der Waals surface area contributed by atoms with Crippen LogP contribution in [-0.2, 0) is 0 Å². The van der Waals surface area contributed by atoms with Crippen molar-refractivity contribution in [3.8, 4) is 0 Å². The lowest BCUT2D eigenvalue weighted by molar-refractivity contribution is 0.294. The molecule has 1 nitrogen and oxygen atoms in total. The molecule has 0 spiro atoms. The predicted molar refractivity (Wildman–Crippen MR) is 75.1 cm³/mol. The summed E-state index contributed by atoms with van der Waals surface area (Å²) in [6.45, 7) is 12.1. The molecule has 1 N–H and O–H groups in total. The van der Waals surface area contributed by atoms with Crippen molar-refractivity contribution in [1.29, 1.82) is 0 Å². The molecule has 0 heterocycles. The second-order valence-electron chi connectivity index (χ2n) is 7.53. The summed E-state index contributed by atoms with van der Waals surface area (Å²) < 4.78 is 0. The van der Waals surface area contributed by atoms with E-state index >= 15 is 0 Å². The van der Waals surface area contributed by atoms with Crippen molar-refractivity contribution >= 4 is 0 Å². The molecule has 0 amide bonds. The van der Waals surface area contributed by atoms with E-state index in [1.807, 2.05) is 0 Å². The Hall–Kier alpha value is -0.0400. The molecule has 0 aliphatic heterocycles. The van der Waals surface area contributed by atoms with Crippen LogP contribution in [0.25, 0.3) is 0 Å². The summed E-state index contributed by atoms with van der Waals surface area (Å²) >= 11 is 0. The van der Waals surface area contributed by atoms with Crippen LogP contribution in [0.2, 0.25) is 0 Å². The molecule has 2 saturated carbocycles. The average molecular weight is 237 g/mol. The van der Waals surface area contributed by atoms with Crippen molar-refractivity contribution in [1.82, 2.24) is 5.32 Å². The zero-order valence-electron chi connectivity index (χ0n) is 12.4. The molecule has 0 radical (unpaired) electrons. The van der Waals surface area contributed by atoms with Crippen LogP contribution in [-0.4, -0.2) is 12.1 Å². The lowest BCUT2D eigenvalue weighted by Gasteiger charge is -2.27. The molecule has 2 aliphatic carbocycles. The largest absolute Gasteiger partial charge is 0.311 e. The van der Waals surface area contributed by atoms with Crippen LogP contribution in [0.5, 0.6) is 0 Å². The summed E-state index contributed by atoms with van der Waals surface area (Å²) in [4.78, 5) is 0. The van der Waals surface area contributed by atoms with Crippen molar-refractivity contribution in [3.05, 3.63) is 0 Å². The lowest BCUT2D eigenvalue weighted by Crippen LogP contribution is -2.42. The Morgan fingerprint density at radius 2 is 1.76 bits per heavy atom. The molecule has 0 aromatic carbocycles. The number of nitrogens with one attached hydrogen (secondary N) is 1. The van der Waals surface area contributed by atoms with Gasteiger partial charge in [0.15, 0.2) is 0 Å². The molecule has 2 fully saturated rings. The first kappa shape index (κ1) is 13.4. The summed E-state index contributed by atoms with van der Waals surface area (Å²) in [6, 6.07) is 1.56. The zero-order valence-corrected chi connectivity index (χ0v) is 12.4. The highest BCUT2D eigenvalue weighted by Crippen LogP contribution is 2.42. The molecule has 0 saturated heterocycles. The average Bonchev–Trinajstić information content (AvgIpc) is 2.69. The summed E-state index contributed by atoms with van der Waals surface area (Å²) in [7, 11) is 0. The molecule has 2 rings (SSSR count). The number of hydrogen-bond donors (Lipinski definition) is 1. The molecule has 0 aromatic rings. The molecule has 0 bridgehead atoms. The molecular formula is C16H31N. The normalized spacial score (nSPS) is 45.4. The highest BCUT2D eigenvalue weighted by molar-refractivity contribution is 4.95. The van der Waals surface area contributed by atoms with E-state index in [1.165, 1.54) is 32.1 Å². The first-order chi connectivity index (χ1) is 7.93. The van der Waals surface area contributed by atoms with Gasteiger partial charge in [-0.05, 0) is 48.9 Å². The predicted octanol–water partition coefficient (Wildman–Crippen LogP) is 4.23. The highest BCUT2D eigenvalue weighted by atomic mass is 15.0. The van der Waals surface area contributed by atoms with Gasteiger partial charge in [0.1, 0.15) is 0 Å². The van der Waals surface area contributed by atoms with E-state index in [-0.39, 0.29) is 0 Å². The molecule has 100 valence electrons. The van der Waals surface area contributed by atoms with Crippen molar-refractivity contribution < 1.29 is 0 Å². The molecule has 1 heteroatoms. The van der Waals surface area contributed by atoms with E-state index in [2.05, 4.69) is 39.9 Å². The quantitative estimate of drug-likeness (QED) is 0.774. The van der Waals surface area contributed by atoms with E-state index in [1.54, 1.807) is 0 Å². The van der Waals surface area contributed by atoms with Gasteiger partial charge in [-0.15, -0.1) is 0 Å². The van der Waals surface area contributed by atoms with Gasteiger partial charge in [-0.2, -0.15) is 0 Å². The van der Waals surface area contributed by atoms with Gasteiger partial charge < -0.3 is 5.32 Å². The van der Waals surface area contributed by atoms with Crippen LogP contribution < -0.4 is 5.32 Å². The van der Waals surface area contributed by atoms with Gasteiger partial charge in [0, 0.05) is 12.1 Å². The van der Waals surface area contributed by atoms with Crippen LogP contribution in [0.3, 0.4) is 0 Å². The lowest BCUT2D eigenvalue weighted by atomic mass is 9.91. The fraction of sp³-hybridized carbons (Fsp3) is 1.00. The van der Waals surface area contributed by atoms with Gasteiger partial charge >= 0.3 is 0 Å². The van der Waals surface area contributed by atoms with Crippen molar-refractivity contribution in [2.24, 2.45) is 23.2 Å². The van der Waals surface area contributed by atoms with Gasteiger partial charge in [-0.25, -0.2) is 0 Å². The fourth-order valence-corrected chi connectivity index (χ4v) is 4.45. The smallest absolute Gasteiger partial charge is 0.0101 e. The summed E-state index contributed by atoms with van der Waals surface area (Å²) in [5.41, 5.74) is 0.559. The Morgan fingerprint density at radius 3 is 2.24 bits per heavy atom. The topological polar surface area (TPSA) is 12.0 Å². The summed E-state index contributed by atoms with van der Waals surface area (Å²) in [5, 5.41) is 4.00. The Kier molecular flexibility index (Phi) is 3.87. The van der Waals surface area contributed by atoms with Crippen LogP contribution in [0, 0.1) is 23.2 Å².